The summed E-state index contributed by atoms with van der Waals surface area (Å²) in [6.45, 7) is 0.934. The minimum absolute atomic E-state index is 0.211. The van der Waals surface area contributed by atoms with Gasteiger partial charge in [-0.2, -0.15) is 39.5 Å². The van der Waals surface area contributed by atoms with Crippen molar-refractivity contribution in [3.63, 3.8) is 0 Å². The Morgan fingerprint density at radius 3 is 2.03 bits per heavy atom. The predicted molar refractivity (Wildman–Crippen MR) is 83.9 cm³/mol. The highest BCUT2D eigenvalue weighted by atomic mass is 35.5. The largest absolute Gasteiger partial charge is 0.435 e. The molecular formula is C15H9ClF9N3O. The first kappa shape index (κ1) is 22.8. The molecule has 1 aromatic carbocycles. The lowest BCUT2D eigenvalue weighted by Gasteiger charge is -2.19. The van der Waals surface area contributed by atoms with Gasteiger partial charge in [0.05, 0.1) is 16.8 Å². The molecule has 160 valence electrons. The monoisotopic (exact) mass is 453 g/mol. The number of benzene rings is 1. The molecule has 0 saturated heterocycles. The molecule has 29 heavy (non-hydrogen) atoms. The molecular weight excluding hydrogens is 445 g/mol. The van der Waals surface area contributed by atoms with Gasteiger partial charge in [-0.05, 0) is 25.1 Å². The van der Waals surface area contributed by atoms with Gasteiger partial charge in [-0.25, -0.2) is 4.98 Å². The summed E-state index contributed by atoms with van der Waals surface area (Å²) in [7, 11) is 0. The van der Waals surface area contributed by atoms with Gasteiger partial charge in [0.25, 0.3) is 5.56 Å². The van der Waals surface area contributed by atoms with Crippen LogP contribution in [0, 0.1) is 0 Å². The SMILES string of the molecule is CCn1c(Nc2ccc(C(F)(F)F)cc2C(F)(F)F)nc(C(F)(F)F)c(Cl)c1=O. The minimum Gasteiger partial charge on any atom is -0.325 e. The Morgan fingerprint density at radius 2 is 1.59 bits per heavy atom. The molecule has 0 spiro atoms. The van der Waals surface area contributed by atoms with Crippen molar-refractivity contribution in [2.24, 2.45) is 0 Å². The quantitative estimate of drug-likeness (QED) is 0.605. The zero-order valence-corrected chi connectivity index (χ0v) is 14.8. The molecule has 0 saturated carbocycles. The molecule has 0 fully saturated rings. The molecule has 0 aliphatic carbocycles. The fourth-order valence-electron chi connectivity index (χ4n) is 2.29. The molecule has 0 aliphatic heterocycles. The van der Waals surface area contributed by atoms with Gasteiger partial charge >= 0.3 is 18.5 Å². The molecule has 0 radical (unpaired) electrons. The van der Waals surface area contributed by atoms with E-state index in [1.807, 2.05) is 5.32 Å². The van der Waals surface area contributed by atoms with E-state index in [9.17, 15) is 44.3 Å². The van der Waals surface area contributed by atoms with Crippen LogP contribution in [0.25, 0.3) is 0 Å². The first-order valence-electron chi connectivity index (χ1n) is 7.50. The maximum atomic E-state index is 13.2. The highest BCUT2D eigenvalue weighted by Gasteiger charge is 2.40. The first-order chi connectivity index (χ1) is 13.1. The third kappa shape index (κ3) is 4.77. The molecule has 0 bridgehead atoms. The third-order valence-corrected chi connectivity index (χ3v) is 3.94. The van der Waals surface area contributed by atoms with E-state index in [1.165, 1.54) is 6.92 Å². The maximum absolute atomic E-state index is 13.2. The zero-order chi connectivity index (χ0) is 22.4. The second kappa shape index (κ2) is 7.43. The second-order valence-electron chi connectivity index (χ2n) is 5.53. The molecule has 2 rings (SSSR count). The van der Waals surface area contributed by atoms with Crippen molar-refractivity contribution in [1.82, 2.24) is 9.55 Å². The highest BCUT2D eigenvalue weighted by Crippen LogP contribution is 2.40. The van der Waals surface area contributed by atoms with E-state index in [4.69, 9.17) is 11.6 Å². The standard InChI is InChI=1S/C15H9ClF9N3O/c1-2-28-11(29)9(16)10(15(23,24)25)27-12(28)26-8-4-3-6(13(17,18)19)5-7(8)14(20,21)22/h3-5H,2H2,1H3,(H,26,27). The predicted octanol–water partition coefficient (Wildman–Crippen LogP) is 5.72. The van der Waals surface area contributed by atoms with Crippen molar-refractivity contribution < 1.29 is 39.5 Å². The van der Waals surface area contributed by atoms with Gasteiger partial charge < -0.3 is 5.32 Å². The first-order valence-corrected chi connectivity index (χ1v) is 7.88. The number of alkyl halides is 9. The van der Waals surface area contributed by atoms with Crippen LogP contribution < -0.4 is 10.9 Å². The van der Waals surface area contributed by atoms with Gasteiger partial charge in [-0.3, -0.25) is 9.36 Å². The highest BCUT2D eigenvalue weighted by molar-refractivity contribution is 6.31. The Hall–Kier alpha value is -2.44. The summed E-state index contributed by atoms with van der Waals surface area (Å²) in [5.41, 5.74) is -7.71. The van der Waals surface area contributed by atoms with E-state index in [-0.39, 0.29) is 12.6 Å². The number of nitrogens with zero attached hydrogens (tertiary/aromatic N) is 2. The third-order valence-electron chi connectivity index (χ3n) is 3.60. The van der Waals surface area contributed by atoms with Crippen molar-refractivity contribution in [1.29, 1.82) is 0 Å². The number of halogens is 10. The van der Waals surface area contributed by atoms with Crippen LogP contribution in [-0.2, 0) is 25.1 Å². The number of hydrogen-bond acceptors (Lipinski definition) is 3. The lowest BCUT2D eigenvalue weighted by molar-refractivity contribution is -0.143. The summed E-state index contributed by atoms with van der Waals surface area (Å²) in [6.07, 6.45) is -15.6. The lowest BCUT2D eigenvalue weighted by Crippen LogP contribution is -2.28. The lowest BCUT2D eigenvalue weighted by atomic mass is 10.1. The molecule has 14 heteroatoms. The second-order valence-corrected chi connectivity index (χ2v) is 5.90. The summed E-state index contributed by atoms with van der Waals surface area (Å²) < 4.78 is 117. The van der Waals surface area contributed by atoms with Gasteiger partial charge in [0.2, 0.25) is 5.95 Å². The Kier molecular flexibility index (Phi) is 5.85. The van der Waals surface area contributed by atoms with Crippen molar-refractivity contribution in [3.8, 4) is 0 Å². The number of anilines is 2. The summed E-state index contributed by atoms with van der Waals surface area (Å²) in [4.78, 5) is 15.1. The van der Waals surface area contributed by atoms with Crippen LogP contribution in [0.15, 0.2) is 23.0 Å². The van der Waals surface area contributed by atoms with Gasteiger partial charge in [-0.15, -0.1) is 0 Å². The topological polar surface area (TPSA) is 46.9 Å². The molecule has 1 aromatic heterocycles. The number of hydrogen-bond donors (Lipinski definition) is 1. The van der Waals surface area contributed by atoms with Crippen LogP contribution in [0.5, 0.6) is 0 Å². The summed E-state index contributed by atoms with van der Waals surface area (Å²) >= 11 is 5.36. The summed E-state index contributed by atoms with van der Waals surface area (Å²) in [5, 5.41) is 0.566. The summed E-state index contributed by atoms with van der Waals surface area (Å²) in [6, 6.07) is 0.462. The molecule has 0 atom stereocenters. The smallest absolute Gasteiger partial charge is 0.325 e. The number of nitrogens with one attached hydrogen (secondary N) is 1. The maximum Gasteiger partial charge on any atom is 0.435 e. The van der Waals surface area contributed by atoms with Crippen LogP contribution in [0.4, 0.5) is 51.1 Å². The molecule has 2 aromatic rings. The van der Waals surface area contributed by atoms with Crippen LogP contribution >= 0.6 is 11.6 Å². The van der Waals surface area contributed by atoms with Crippen LogP contribution in [0.1, 0.15) is 23.7 Å². The molecule has 0 unspecified atom stereocenters. The van der Waals surface area contributed by atoms with Crippen molar-refractivity contribution in [3.05, 3.63) is 50.4 Å². The number of rotatable bonds is 3. The average molecular weight is 454 g/mol. The van der Waals surface area contributed by atoms with Crippen LogP contribution in [0.2, 0.25) is 5.02 Å². The van der Waals surface area contributed by atoms with Crippen molar-refractivity contribution in [2.75, 3.05) is 5.32 Å². The van der Waals surface area contributed by atoms with Gasteiger partial charge in [0.15, 0.2) is 5.69 Å². The fraction of sp³-hybridized carbons (Fsp3) is 0.333. The average Bonchev–Trinajstić information content (AvgIpc) is 2.55. The van der Waals surface area contributed by atoms with E-state index in [2.05, 4.69) is 4.98 Å². The number of aromatic nitrogens is 2. The molecule has 0 aliphatic rings. The van der Waals surface area contributed by atoms with Crippen molar-refractivity contribution in [2.45, 2.75) is 32.0 Å². The fourth-order valence-corrected chi connectivity index (χ4v) is 2.54. The normalized spacial score (nSPS) is 12.9. The van der Waals surface area contributed by atoms with E-state index in [0.717, 1.165) is 0 Å². The van der Waals surface area contributed by atoms with Crippen molar-refractivity contribution >= 4 is 23.2 Å². The molecule has 1 heterocycles. The van der Waals surface area contributed by atoms with Gasteiger partial charge in [0, 0.05) is 6.54 Å². The van der Waals surface area contributed by atoms with Crippen LogP contribution in [-0.4, -0.2) is 9.55 Å². The summed E-state index contributed by atoms with van der Waals surface area (Å²) in [5.74, 6) is -0.973. The van der Waals surface area contributed by atoms with Gasteiger partial charge in [-0.1, -0.05) is 11.6 Å². The van der Waals surface area contributed by atoms with Gasteiger partial charge in [0.1, 0.15) is 5.02 Å². The Labute approximate surface area is 160 Å². The Bertz CT molecular complexity index is 977. The molecule has 1 N–H and O–H groups in total. The molecule has 4 nitrogen and oxygen atoms in total. The van der Waals surface area contributed by atoms with E-state index in [0.29, 0.717) is 16.7 Å². The van der Waals surface area contributed by atoms with E-state index in [1.54, 1.807) is 0 Å². The minimum atomic E-state index is -5.29. The Balaban J connectivity index is 2.71. The zero-order valence-electron chi connectivity index (χ0n) is 14.0. The van der Waals surface area contributed by atoms with E-state index >= 15 is 0 Å². The molecule has 0 amide bonds. The van der Waals surface area contributed by atoms with E-state index < -0.39 is 57.6 Å². The Morgan fingerprint density at radius 1 is 1.00 bits per heavy atom. The van der Waals surface area contributed by atoms with Crippen LogP contribution in [0.3, 0.4) is 0 Å².